The maximum Gasteiger partial charge on any atom is 0.220 e. The Labute approximate surface area is 114 Å². The number of hydrogen-bond donors (Lipinski definition) is 2. The van der Waals surface area contributed by atoms with E-state index in [1.165, 1.54) is 11.1 Å². The number of hydrogen-bond acceptors (Lipinski definition) is 3. The van der Waals surface area contributed by atoms with Gasteiger partial charge >= 0.3 is 0 Å². The molecule has 0 aliphatic carbocycles. The van der Waals surface area contributed by atoms with Crippen molar-refractivity contribution >= 4 is 17.2 Å². The molecule has 0 fully saturated rings. The summed E-state index contributed by atoms with van der Waals surface area (Å²) >= 11 is 1.67. The van der Waals surface area contributed by atoms with Gasteiger partial charge in [0.1, 0.15) is 0 Å². The molecule has 1 amide bonds. The molecular weight excluding hydrogens is 244 g/mol. The Balaban J connectivity index is 2.34. The van der Waals surface area contributed by atoms with Crippen LogP contribution in [0.3, 0.4) is 0 Å². The van der Waals surface area contributed by atoms with Gasteiger partial charge in [0, 0.05) is 13.0 Å². The van der Waals surface area contributed by atoms with Gasteiger partial charge in [-0.2, -0.15) is 11.3 Å². The molecule has 4 heteroatoms. The minimum Gasteiger partial charge on any atom is -0.352 e. The van der Waals surface area contributed by atoms with Gasteiger partial charge in [-0.1, -0.05) is 13.8 Å². The molecule has 1 atom stereocenters. The molecular formula is C14H24N2OS. The molecule has 0 saturated carbocycles. The first kappa shape index (κ1) is 15.2. The first-order valence-corrected chi connectivity index (χ1v) is 7.45. The van der Waals surface area contributed by atoms with E-state index in [-0.39, 0.29) is 5.91 Å². The summed E-state index contributed by atoms with van der Waals surface area (Å²) in [5.74, 6) is 0.996. The van der Waals surface area contributed by atoms with Crippen LogP contribution in [0.5, 0.6) is 0 Å². The molecule has 0 aromatic carbocycles. The van der Waals surface area contributed by atoms with Crippen LogP contribution in [-0.4, -0.2) is 12.5 Å². The monoisotopic (exact) mass is 268 g/mol. The van der Waals surface area contributed by atoms with E-state index in [0.29, 0.717) is 31.3 Å². The Kier molecular flexibility index (Phi) is 6.36. The first-order valence-electron chi connectivity index (χ1n) is 6.51. The molecule has 3 N–H and O–H groups in total. The van der Waals surface area contributed by atoms with Crippen molar-refractivity contribution in [1.29, 1.82) is 0 Å². The number of amides is 1. The Morgan fingerprint density at radius 1 is 1.44 bits per heavy atom. The average molecular weight is 268 g/mol. The van der Waals surface area contributed by atoms with Crippen molar-refractivity contribution in [3.63, 3.8) is 0 Å². The summed E-state index contributed by atoms with van der Waals surface area (Å²) in [7, 11) is 0. The highest BCUT2D eigenvalue weighted by Crippen LogP contribution is 2.15. The number of carbonyl (C=O) groups excluding carboxylic acids is 1. The van der Waals surface area contributed by atoms with Crippen LogP contribution in [0, 0.1) is 18.8 Å². The third-order valence-electron chi connectivity index (χ3n) is 3.05. The Hall–Kier alpha value is -0.870. The maximum absolute atomic E-state index is 11.8. The Morgan fingerprint density at radius 3 is 2.67 bits per heavy atom. The van der Waals surface area contributed by atoms with E-state index in [9.17, 15) is 4.79 Å². The van der Waals surface area contributed by atoms with Crippen LogP contribution >= 0.6 is 11.3 Å². The van der Waals surface area contributed by atoms with Crippen LogP contribution in [0.15, 0.2) is 10.8 Å². The summed E-state index contributed by atoms with van der Waals surface area (Å²) in [6.45, 7) is 7.61. The van der Waals surface area contributed by atoms with Crippen molar-refractivity contribution in [1.82, 2.24) is 5.32 Å². The van der Waals surface area contributed by atoms with Gasteiger partial charge in [-0.15, -0.1) is 0 Å². The molecule has 0 saturated heterocycles. The van der Waals surface area contributed by atoms with Gasteiger partial charge in [0.25, 0.3) is 0 Å². The molecule has 102 valence electrons. The smallest absolute Gasteiger partial charge is 0.220 e. The third kappa shape index (κ3) is 5.19. The van der Waals surface area contributed by atoms with E-state index in [1.807, 2.05) is 0 Å². The zero-order valence-corrected chi connectivity index (χ0v) is 12.3. The van der Waals surface area contributed by atoms with Crippen molar-refractivity contribution in [3.8, 4) is 0 Å². The summed E-state index contributed by atoms with van der Waals surface area (Å²) in [5, 5.41) is 7.16. The highest BCUT2D eigenvalue weighted by Gasteiger charge is 2.14. The van der Waals surface area contributed by atoms with Crippen molar-refractivity contribution in [2.45, 2.75) is 40.2 Å². The van der Waals surface area contributed by atoms with Crippen LogP contribution < -0.4 is 11.1 Å². The Bertz CT molecular complexity index is 374. The van der Waals surface area contributed by atoms with Gasteiger partial charge in [0.2, 0.25) is 5.91 Å². The summed E-state index contributed by atoms with van der Waals surface area (Å²) < 4.78 is 0. The van der Waals surface area contributed by atoms with E-state index < -0.39 is 0 Å². The number of aryl methyl sites for hydroxylation is 1. The van der Waals surface area contributed by atoms with E-state index in [0.717, 1.165) is 6.42 Å². The number of nitrogens with two attached hydrogens (primary N) is 1. The number of carbonyl (C=O) groups is 1. The van der Waals surface area contributed by atoms with Crippen molar-refractivity contribution < 1.29 is 4.79 Å². The second kappa shape index (κ2) is 7.54. The normalized spacial score (nSPS) is 12.7. The van der Waals surface area contributed by atoms with Crippen molar-refractivity contribution in [2.24, 2.45) is 17.6 Å². The van der Waals surface area contributed by atoms with Crippen LogP contribution in [0.2, 0.25) is 0 Å². The van der Waals surface area contributed by atoms with Crippen LogP contribution in [0.4, 0.5) is 0 Å². The van der Waals surface area contributed by atoms with Gasteiger partial charge in [-0.25, -0.2) is 0 Å². The lowest BCUT2D eigenvalue weighted by atomic mass is 9.94. The van der Waals surface area contributed by atoms with Gasteiger partial charge in [0.15, 0.2) is 0 Å². The molecule has 0 aliphatic heterocycles. The standard InChI is InChI=1S/C14H24N2OS/c1-10(2)4-12(6-15)5-14(17)16-7-13-9-18-8-11(13)3/h8-10,12H,4-7,15H2,1-3H3,(H,16,17). The molecule has 1 unspecified atom stereocenters. The predicted octanol–water partition coefficient (Wildman–Crippen LogP) is 2.68. The number of thiophene rings is 1. The molecule has 0 bridgehead atoms. The van der Waals surface area contributed by atoms with Crippen LogP contribution in [0.25, 0.3) is 0 Å². The fourth-order valence-corrected chi connectivity index (χ4v) is 2.88. The second-order valence-corrected chi connectivity index (χ2v) is 6.04. The molecule has 0 spiro atoms. The fraction of sp³-hybridized carbons (Fsp3) is 0.643. The highest BCUT2D eigenvalue weighted by atomic mass is 32.1. The molecule has 1 aromatic rings. The van der Waals surface area contributed by atoms with E-state index in [4.69, 9.17) is 5.73 Å². The Morgan fingerprint density at radius 2 is 2.17 bits per heavy atom. The summed E-state index contributed by atoms with van der Waals surface area (Å²) in [4.78, 5) is 11.8. The average Bonchev–Trinajstić information content (AvgIpc) is 2.70. The highest BCUT2D eigenvalue weighted by molar-refractivity contribution is 7.08. The fourth-order valence-electron chi connectivity index (χ4n) is 2.03. The van der Waals surface area contributed by atoms with E-state index in [1.54, 1.807) is 11.3 Å². The minimum atomic E-state index is 0.108. The lowest BCUT2D eigenvalue weighted by Gasteiger charge is -2.16. The minimum absolute atomic E-state index is 0.108. The first-order chi connectivity index (χ1) is 8.52. The maximum atomic E-state index is 11.8. The molecule has 0 aliphatic rings. The quantitative estimate of drug-likeness (QED) is 0.799. The number of rotatable bonds is 7. The topological polar surface area (TPSA) is 55.1 Å². The predicted molar refractivity (Wildman–Crippen MR) is 77.5 cm³/mol. The zero-order valence-electron chi connectivity index (χ0n) is 11.5. The van der Waals surface area contributed by atoms with Crippen LogP contribution in [-0.2, 0) is 11.3 Å². The van der Waals surface area contributed by atoms with Crippen molar-refractivity contribution in [2.75, 3.05) is 6.54 Å². The molecule has 1 rings (SSSR count). The van der Waals surface area contributed by atoms with Crippen molar-refractivity contribution in [3.05, 3.63) is 21.9 Å². The lowest BCUT2D eigenvalue weighted by molar-refractivity contribution is -0.122. The summed E-state index contributed by atoms with van der Waals surface area (Å²) in [6.07, 6.45) is 1.55. The third-order valence-corrected chi connectivity index (χ3v) is 3.96. The molecule has 1 heterocycles. The second-order valence-electron chi connectivity index (χ2n) is 5.29. The molecule has 18 heavy (non-hydrogen) atoms. The molecule has 3 nitrogen and oxygen atoms in total. The number of nitrogens with one attached hydrogen (secondary N) is 1. The SMILES string of the molecule is Cc1cscc1CNC(=O)CC(CN)CC(C)C. The van der Waals surface area contributed by atoms with Gasteiger partial charge in [-0.3, -0.25) is 4.79 Å². The van der Waals surface area contributed by atoms with E-state index in [2.05, 4.69) is 36.8 Å². The van der Waals surface area contributed by atoms with Gasteiger partial charge in [-0.05, 0) is 53.6 Å². The molecule has 0 radical (unpaired) electrons. The largest absolute Gasteiger partial charge is 0.352 e. The van der Waals surface area contributed by atoms with Crippen LogP contribution in [0.1, 0.15) is 37.8 Å². The van der Waals surface area contributed by atoms with Gasteiger partial charge < -0.3 is 11.1 Å². The molecule has 1 aromatic heterocycles. The van der Waals surface area contributed by atoms with E-state index >= 15 is 0 Å². The zero-order chi connectivity index (χ0) is 13.5. The lowest BCUT2D eigenvalue weighted by Crippen LogP contribution is -2.28. The summed E-state index contributed by atoms with van der Waals surface area (Å²) in [5.41, 5.74) is 8.16. The van der Waals surface area contributed by atoms with Gasteiger partial charge in [0.05, 0.1) is 0 Å². The summed E-state index contributed by atoms with van der Waals surface area (Å²) in [6, 6.07) is 0.